The summed E-state index contributed by atoms with van der Waals surface area (Å²) < 4.78 is 31.0. The molecule has 2 aromatic carbocycles. The third-order valence-electron chi connectivity index (χ3n) is 3.96. The summed E-state index contributed by atoms with van der Waals surface area (Å²) in [4.78, 5) is 12.7. The molecule has 0 saturated carbocycles. The topological polar surface area (TPSA) is 43.3 Å². The van der Waals surface area contributed by atoms with Gasteiger partial charge < -0.3 is 14.6 Å². The lowest BCUT2D eigenvalue weighted by Crippen LogP contribution is -2.27. The minimum atomic E-state index is -2.89. The van der Waals surface area contributed by atoms with Crippen molar-refractivity contribution in [3.8, 4) is 11.4 Å². The first-order chi connectivity index (χ1) is 12.5. The number of benzene rings is 2. The molecule has 0 aliphatic rings. The number of carbonyl (C=O) groups excluding carboxylic acids is 1. The second-order valence-corrected chi connectivity index (χ2v) is 5.75. The number of aromatic nitrogens is 1. The Kier molecular flexibility index (Phi) is 5.31. The maximum absolute atomic E-state index is 12.7. The second kappa shape index (κ2) is 7.82. The molecule has 1 unspecified atom stereocenters. The fourth-order valence-electron chi connectivity index (χ4n) is 2.70. The predicted octanol–water partition coefficient (Wildman–Crippen LogP) is 4.57. The number of hydrogen-bond acceptors (Lipinski definition) is 2. The van der Waals surface area contributed by atoms with Gasteiger partial charge in [-0.05, 0) is 48.9 Å². The number of rotatable bonds is 6. The van der Waals surface area contributed by atoms with Gasteiger partial charge in [-0.15, -0.1) is 0 Å². The minimum Gasteiger partial charge on any atom is -0.435 e. The van der Waals surface area contributed by atoms with Crippen LogP contribution in [0.4, 0.5) is 8.78 Å². The van der Waals surface area contributed by atoms with E-state index in [9.17, 15) is 13.6 Å². The number of ether oxygens (including phenoxy) is 1. The summed E-state index contributed by atoms with van der Waals surface area (Å²) in [5.41, 5.74) is 1.96. The number of alkyl halides is 2. The normalized spacial score (nSPS) is 12.0. The Bertz CT molecular complexity index is 879. The Hall–Kier alpha value is -3.15. The molecule has 0 radical (unpaired) electrons. The molecule has 4 nitrogen and oxygen atoms in total. The number of para-hydroxylation sites is 1. The zero-order chi connectivity index (χ0) is 18.5. The van der Waals surface area contributed by atoms with Crippen molar-refractivity contribution in [1.29, 1.82) is 0 Å². The Morgan fingerprint density at radius 1 is 1.04 bits per heavy atom. The number of halogens is 2. The Morgan fingerprint density at radius 2 is 1.77 bits per heavy atom. The zero-order valence-corrected chi connectivity index (χ0v) is 14.1. The number of nitrogens with one attached hydrogen (secondary N) is 1. The summed E-state index contributed by atoms with van der Waals surface area (Å²) in [5, 5.41) is 2.90. The van der Waals surface area contributed by atoms with Gasteiger partial charge >= 0.3 is 6.61 Å². The summed E-state index contributed by atoms with van der Waals surface area (Å²) in [6, 6.07) is 17.0. The van der Waals surface area contributed by atoms with Crippen molar-refractivity contribution in [3.05, 3.63) is 84.2 Å². The third-order valence-corrected chi connectivity index (χ3v) is 3.96. The van der Waals surface area contributed by atoms with Crippen LogP contribution in [0.1, 0.15) is 28.9 Å². The highest BCUT2D eigenvalue weighted by atomic mass is 19.3. The number of amides is 1. The van der Waals surface area contributed by atoms with E-state index in [0.717, 1.165) is 5.69 Å². The first-order valence-electron chi connectivity index (χ1n) is 8.12. The van der Waals surface area contributed by atoms with E-state index in [4.69, 9.17) is 0 Å². The van der Waals surface area contributed by atoms with Gasteiger partial charge in [0.05, 0.1) is 17.3 Å². The first-order valence-corrected chi connectivity index (χ1v) is 8.12. The molecule has 134 valence electrons. The zero-order valence-electron chi connectivity index (χ0n) is 14.1. The quantitative estimate of drug-likeness (QED) is 0.703. The average molecular weight is 356 g/mol. The number of nitrogens with zero attached hydrogens (tertiary/aromatic N) is 1. The lowest BCUT2D eigenvalue weighted by atomic mass is 10.1. The van der Waals surface area contributed by atoms with Gasteiger partial charge in [0.2, 0.25) is 0 Å². The molecule has 1 N–H and O–H groups in total. The van der Waals surface area contributed by atoms with Gasteiger partial charge in [0.25, 0.3) is 5.91 Å². The fraction of sp³-hybridized carbons (Fsp3) is 0.150. The molecule has 6 heteroatoms. The van der Waals surface area contributed by atoms with Crippen molar-refractivity contribution in [2.24, 2.45) is 0 Å². The molecular weight excluding hydrogens is 338 g/mol. The van der Waals surface area contributed by atoms with Crippen molar-refractivity contribution >= 4 is 5.91 Å². The van der Waals surface area contributed by atoms with E-state index < -0.39 is 6.61 Å². The SMILES string of the molecule is CC(NC(=O)c1ccccc1-n1cccc1)c1cccc(OC(F)F)c1. The van der Waals surface area contributed by atoms with Crippen molar-refractivity contribution in [2.75, 3.05) is 0 Å². The van der Waals surface area contributed by atoms with E-state index in [1.807, 2.05) is 41.2 Å². The lowest BCUT2D eigenvalue weighted by Gasteiger charge is -2.17. The van der Waals surface area contributed by atoms with Crippen LogP contribution in [0, 0.1) is 0 Å². The van der Waals surface area contributed by atoms with E-state index in [-0.39, 0.29) is 17.7 Å². The maximum Gasteiger partial charge on any atom is 0.387 e. The molecule has 0 aliphatic heterocycles. The number of hydrogen-bond donors (Lipinski definition) is 1. The standard InChI is InChI=1S/C20H18F2N2O2/c1-14(15-7-6-8-16(13-15)26-20(21)22)23-19(25)17-9-2-3-10-18(17)24-11-4-5-12-24/h2-14,20H,1H3,(H,23,25). The first kappa shape index (κ1) is 17.7. The van der Waals surface area contributed by atoms with E-state index in [1.165, 1.54) is 12.1 Å². The monoisotopic (exact) mass is 356 g/mol. The van der Waals surface area contributed by atoms with Gasteiger partial charge in [0, 0.05) is 12.4 Å². The van der Waals surface area contributed by atoms with Crippen molar-refractivity contribution in [3.63, 3.8) is 0 Å². The van der Waals surface area contributed by atoms with Crippen LogP contribution in [0.15, 0.2) is 73.1 Å². The molecule has 0 spiro atoms. The Balaban J connectivity index is 1.79. The molecule has 0 aliphatic carbocycles. The summed E-state index contributed by atoms with van der Waals surface area (Å²) in [7, 11) is 0. The molecule has 3 rings (SSSR count). The van der Waals surface area contributed by atoms with E-state index >= 15 is 0 Å². The maximum atomic E-state index is 12.7. The van der Waals surface area contributed by atoms with E-state index in [2.05, 4.69) is 10.1 Å². The minimum absolute atomic E-state index is 0.0614. The van der Waals surface area contributed by atoms with Gasteiger partial charge in [0.15, 0.2) is 0 Å². The summed E-state index contributed by atoms with van der Waals surface area (Å²) in [5.74, 6) is -0.187. The number of carbonyl (C=O) groups is 1. The highest BCUT2D eigenvalue weighted by Crippen LogP contribution is 2.22. The van der Waals surface area contributed by atoms with Crippen molar-refractivity contribution < 1.29 is 18.3 Å². The largest absolute Gasteiger partial charge is 0.435 e. The van der Waals surface area contributed by atoms with Crippen LogP contribution >= 0.6 is 0 Å². The van der Waals surface area contributed by atoms with Crippen LogP contribution in [-0.4, -0.2) is 17.1 Å². The van der Waals surface area contributed by atoms with E-state index in [1.54, 1.807) is 31.2 Å². The summed E-state index contributed by atoms with van der Waals surface area (Å²) in [6.45, 7) is -1.10. The molecule has 1 heterocycles. The van der Waals surface area contributed by atoms with Gasteiger partial charge in [-0.2, -0.15) is 8.78 Å². The van der Waals surface area contributed by atoms with Crippen LogP contribution in [0.2, 0.25) is 0 Å². The average Bonchev–Trinajstić information content (AvgIpc) is 3.16. The van der Waals surface area contributed by atoms with Crippen molar-refractivity contribution in [2.45, 2.75) is 19.6 Å². The van der Waals surface area contributed by atoms with E-state index in [0.29, 0.717) is 11.1 Å². The van der Waals surface area contributed by atoms with Gasteiger partial charge in [-0.3, -0.25) is 4.79 Å². The molecule has 0 saturated heterocycles. The van der Waals surface area contributed by atoms with Crippen molar-refractivity contribution in [1.82, 2.24) is 9.88 Å². The molecule has 0 fully saturated rings. The molecule has 3 aromatic rings. The second-order valence-electron chi connectivity index (χ2n) is 5.75. The lowest BCUT2D eigenvalue weighted by molar-refractivity contribution is -0.0499. The smallest absolute Gasteiger partial charge is 0.387 e. The third kappa shape index (κ3) is 4.08. The highest BCUT2D eigenvalue weighted by molar-refractivity contribution is 5.98. The molecule has 26 heavy (non-hydrogen) atoms. The molecule has 1 amide bonds. The Labute approximate surface area is 150 Å². The van der Waals surface area contributed by atoms with Crippen LogP contribution in [0.3, 0.4) is 0 Å². The van der Waals surface area contributed by atoms with Gasteiger partial charge in [0.1, 0.15) is 5.75 Å². The summed E-state index contributed by atoms with van der Waals surface area (Å²) in [6.07, 6.45) is 3.72. The van der Waals surface area contributed by atoms with Gasteiger partial charge in [-0.1, -0.05) is 24.3 Å². The van der Waals surface area contributed by atoms with Crippen LogP contribution < -0.4 is 10.1 Å². The molecule has 1 aromatic heterocycles. The van der Waals surface area contributed by atoms with Crippen LogP contribution in [-0.2, 0) is 0 Å². The van der Waals surface area contributed by atoms with Gasteiger partial charge in [-0.25, -0.2) is 0 Å². The Morgan fingerprint density at radius 3 is 2.50 bits per heavy atom. The predicted molar refractivity (Wildman–Crippen MR) is 94.7 cm³/mol. The van der Waals surface area contributed by atoms with Crippen LogP contribution in [0.5, 0.6) is 5.75 Å². The fourth-order valence-corrected chi connectivity index (χ4v) is 2.70. The molecule has 1 atom stereocenters. The molecule has 0 bridgehead atoms. The summed E-state index contributed by atoms with van der Waals surface area (Å²) >= 11 is 0. The molecular formula is C20H18F2N2O2. The van der Waals surface area contributed by atoms with Crippen LogP contribution in [0.25, 0.3) is 5.69 Å². The highest BCUT2D eigenvalue weighted by Gasteiger charge is 2.16.